The zero-order valence-electron chi connectivity index (χ0n) is 11.5. The van der Waals surface area contributed by atoms with E-state index < -0.39 is 11.8 Å². The monoisotopic (exact) mass is 291 g/mol. The van der Waals surface area contributed by atoms with Crippen molar-refractivity contribution in [1.82, 2.24) is 5.16 Å². The summed E-state index contributed by atoms with van der Waals surface area (Å²) in [6, 6.07) is 3.74. The molecule has 0 bridgehead atoms. The van der Waals surface area contributed by atoms with Gasteiger partial charge in [-0.2, -0.15) is 0 Å². The lowest BCUT2D eigenvalue weighted by Crippen LogP contribution is -2.13. The number of hydrogen-bond acceptors (Lipinski definition) is 7. The van der Waals surface area contributed by atoms with Crippen molar-refractivity contribution in [2.24, 2.45) is 0 Å². The second-order valence-corrected chi connectivity index (χ2v) is 4.00. The summed E-state index contributed by atoms with van der Waals surface area (Å²) in [5, 5.41) is 13.2. The van der Waals surface area contributed by atoms with E-state index in [1.54, 1.807) is 6.92 Å². The average Bonchev–Trinajstić information content (AvgIpc) is 3.00. The van der Waals surface area contributed by atoms with E-state index in [1.165, 1.54) is 25.4 Å². The summed E-state index contributed by atoms with van der Waals surface area (Å²) >= 11 is 0. The fraction of sp³-hybridized carbons (Fsp3) is 0.214. The second kappa shape index (κ2) is 6.08. The number of methoxy groups -OCH3 is 1. The maximum Gasteiger partial charge on any atom is 0.339 e. The molecular formula is C14H13NO6. The van der Waals surface area contributed by atoms with Crippen LogP contribution in [-0.2, 0) is 4.74 Å². The van der Waals surface area contributed by atoms with Gasteiger partial charge in [-0.3, -0.25) is 4.79 Å². The van der Waals surface area contributed by atoms with E-state index in [4.69, 9.17) is 14.0 Å². The summed E-state index contributed by atoms with van der Waals surface area (Å²) in [4.78, 5) is 24.3. The fourth-order valence-electron chi connectivity index (χ4n) is 1.76. The number of aromatic hydroxyl groups is 1. The molecule has 0 saturated carbocycles. The Kier molecular flexibility index (Phi) is 4.22. The summed E-state index contributed by atoms with van der Waals surface area (Å²) in [6.45, 7) is 1.80. The van der Waals surface area contributed by atoms with E-state index in [-0.39, 0.29) is 35.0 Å². The van der Waals surface area contributed by atoms with Gasteiger partial charge in [0.15, 0.2) is 11.5 Å². The Morgan fingerprint density at radius 3 is 2.67 bits per heavy atom. The zero-order chi connectivity index (χ0) is 15.4. The van der Waals surface area contributed by atoms with Gasteiger partial charge in [-0.25, -0.2) is 4.79 Å². The zero-order valence-corrected chi connectivity index (χ0v) is 11.5. The van der Waals surface area contributed by atoms with Crippen LogP contribution >= 0.6 is 0 Å². The van der Waals surface area contributed by atoms with Gasteiger partial charge in [0.05, 0.1) is 25.5 Å². The molecule has 2 aromatic rings. The van der Waals surface area contributed by atoms with Crippen LogP contribution in [0.3, 0.4) is 0 Å². The smallest absolute Gasteiger partial charge is 0.339 e. The Morgan fingerprint density at radius 1 is 1.33 bits per heavy atom. The van der Waals surface area contributed by atoms with Crippen LogP contribution in [0.2, 0.25) is 0 Å². The van der Waals surface area contributed by atoms with Gasteiger partial charge in [-0.05, 0) is 19.1 Å². The van der Waals surface area contributed by atoms with E-state index in [0.29, 0.717) is 0 Å². The number of nitrogens with zero attached hydrogens (tertiary/aromatic N) is 1. The number of aromatic nitrogens is 1. The van der Waals surface area contributed by atoms with Crippen molar-refractivity contribution in [2.75, 3.05) is 13.7 Å². The van der Waals surface area contributed by atoms with Crippen LogP contribution in [0, 0.1) is 0 Å². The molecule has 0 fully saturated rings. The van der Waals surface area contributed by atoms with Crippen molar-refractivity contribution in [2.45, 2.75) is 6.92 Å². The van der Waals surface area contributed by atoms with Gasteiger partial charge in [0.2, 0.25) is 11.5 Å². The van der Waals surface area contributed by atoms with Gasteiger partial charge in [0, 0.05) is 11.6 Å². The predicted molar refractivity (Wildman–Crippen MR) is 70.6 cm³/mol. The second-order valence-electron chi connectivity index (χ2n) is 4.00. The largest absolute Gasteiger partial charge is 0.504 e. The fourth-order valence-corrected chi connectivity index (χ4v) is 1.76. The van der Waals surface area contributed by atoms with E-state index in [1.807, 2.05) is 0 Å². The Morgan fingerprint density at radius 2 is 2.10 bits per heavy atom. The van der Waals surface area contributed by atoms with E-state index >= 15 is 0 Å². The Bertz CT molecular complexity index is 662. The maximum atomic E-state index is 12.3. The maximum absolute atomic E-state index is 12.3. The molecule has 0 amide bonds. The van der Waals surface area contributed by atoms with Crippen LogP contribution in [0.1, 0.15) is 33.4 Å². The molecule has 2 rings (SSSR count). The third kappa shape index (κ3) is 2.86. The number of ketones is 1. The Hall–Kier alpha value is -2.83. The molecule has 0 spiro atoms. The Labute approximate surface area is 120 Å². The number of benzene rings is 1. The predicted octanol–water partition coefficient (Wildman–Crippen LogP) is 1.80. The highest BCUT2D eigenvalue weighted by molar-refractivity contribution is 6.13. The van der Waals surface area contributed by atoms with Crippen LogP contribution in [0.15, 0.2) is 28.9 Å². The van der Waals surface area contributed by atoms with E-state index in [2.05, 4.69) is 5.16 Å². The highest BCUT2D eigenvalue weighted by Gasteiger charge is 2.24. The minimum atomic E-state index is -0.696. The van der Waals surface area contributed by atoms with Gasteiger partial charge in [-0.15, -0.1) is 0 Å². The third-order valence-electron chi connectivity index (χ3n) is 2.72. The van der Waals surface area contributed by atoms with Gasteiger partial charge < -0.3 is 19.1 Å². The molecule has 0 unspecified atom stereocenters. The van der Waals surface area contributed by atoms with Crippen LogP contribution in [-0.4, -0.2) is 35.7 Å². The normalized spacial score (nSPS) is 10.2. The number of ether oxygens (including phenoxy) is 2. The highest BCUT2D eigenvalue weighted by Crippen LogP contribution is 2.31. The summed E-state index contributed by atoms with van der Waals surface area (Å²) < 4.78 is 14.6. The summed E-state index contributed by atoms with van der Waals surface area (Å²) in [6.07, 6.45) is 1.31. The summed E-state index contributed by atoms with van der Waals surface area (Å²) in [7, 11) is 1.34. The lowest BCUT2D eigenvalue weighted by atomic mass is 10.0. The van der Waals surface area contributed by atoms with Crippen molar-refractivity contribution in [1.29, 1.82) is 0 Å². The first-order valence-corrected chi connectivity index (χ1v) is 6.12. The van der Waals surface area contributed by atoms with Crippen molar-refractivity contribution in [3.8, 4) is 11.5 Å². The van der Waals surface area contributed by atoms with Crippen molar-refractivity contribution in [3.05, 3.63) is 41.3 Å². The third-order valence-corrected chi connectivity index (χ3v) is 2.72. The summed E-state index contributed by atoms with van der Waals surface area (Å²) in [5.41, 5.74) is -0.0728. The van der Waals surface area contributed by atoms with Gasteiger partial charge in [-0.1, -0.05) is 5.16 Å². The van der Waals surface area contributed by atoms with Crippen LogP contribution in [0.5, 0.6) is 11.5 Å². The first kappa shape index (κ1) is 14.6. The molecular weight excluding hydrogens is 278 g/mol. The SMILES string of the molecule is CCOC(=O)c1cc(OC)c(O)cc1C(=O)c1ccno1. The van der Waals surface area contributed by atoms with Crippen LogP contribution < -0.4 is 4.74 Å². The number of carbonyl (C=O) groups excluding carboxylic acids is 2. The molecule has 1 aromatic carbocycles. The molecule has 0 radical (unpaired) electrons. The standard InChI is InChI=1S/C14H13NO6/c1-3-20-14(18)9-7-12(19-2)10(16)6-8(9)13(17)11-4-5-15-21-11/h4-7,16H,3H2,1-2H3. The topological polar surface area (TPSA) is 98.9 Å². The first-order chi connectivity index (χ1) is 10.1. The molecule has 0 atom stereocenters. The molecule has 1 aromatic heterocycles. The minimum absolute atomic E-state index is 0.0205. The molecule has 0 saturated heterocycles. The van der Waals surface area contributed by atoms with E-state index in [9.17, 15) is 14.7 Å². The molecule has 0 aliphatic carbocycles. The van der Waals surface area contributed by atoms with Crippen molar-refractivity contribution >= 4 is 11.8 Å². The highest BCUT2D eigenvalue weighted by atomic mass is 16.5. The Balaban J connectivity index is 2.55. The molecule has 0 aliphatic heterocycles. The number of phenolic OH excluding ortho intramolecular Hbond substituents is 1. The minimum Gasteiger partial charge on any atom is -0.504 e. The molecule has 21 heavy (non-hydrogen) atoms. The number of rotatable bonds is 5. The lowest BCUT2D eigenvalue weighted by Gasteiger charge is -2.10. The number of phenols is 1. The quantitative estimate of drug-likeness (QED) is 0.662. The van der Waals surface area contributed by atoms with Crippen molar-refractivity contribution < 1.29 is 28.7 Å². The lowest BCUT2D eigenvalue weighted by molar-refractivity contribution is 0.0523. The van der Waals surface area contributed by atoms with Gasteiger partial charge in [0.1, 0.15) is 0 Å². The number of carbonyl (C=O) groups is 2. The van der Waals surface area contributed by atoms with Gasteiger partial charge >= 0.3 is 5.97 Å². The van der Waals surface area contributed by atoms with Crippen LogP contribution in [0.4, 0.5) is 0 Å². The van der Waals surface area contributed by atoms with Gasteiger partial charge in [0.25, 0.3) is 0 Å². The average molecular weight is 291 g/mol. The number of esters is 1. The first-order valence-electron chi connectivity index (χ1n) is 6.12. The molecule has 110 valence electrons. The summed E-state index contributed by atoms with van der Waals surface area (Å²) in [5.74, 6) is -1.54. The van der Waals surface area contributed by atoms with E-state index in [0.717, 1.165) is 6.07 Å². The molecule has 0 aliphatic rings. The molecule has 7 heteroatoms. The molecule has 1 N–H and O–H groups in total. The van der Waals surface area contributed by atoms with Crippen molar-refractivity contribution in [3.63, 3.8) is 0 Å². The number of hydrogen-bond donors (Lipinski definition) is 1. The molecule has 7 nitrogen and oxygen atoms in total. The molecule has 1 heterocycles. The van der Waals surface area contributed by atoms with Crippen LogP contribution in [0.25, 0.3) is 0 Å².